The molecule has 0 saturated carbocycles. The third-order valence-corrected chi connectivity index (χ3v) is 1.88. The van der Waals surface area contributed by atoms with E-state index in [4.69, 9.17) is 30.3 Å². The van der Waals surface area contributed by atoms with Crippen LogP contribution >= 0.6 is 0 Å². The Hall–Kier alpha value is -2.29. The third kappa shape index (κ3) is 8.47. The Labute approximate surface area is 117 Å². The van der Waals surface area contributed by atoms with E-state index in [1.54, 1.807) is 6.92 Å². The summed E-state index contributed by atoms with van der Waals surface area (Å²) in [6.45, 7) is 2.04. The van der Waals surface area contributed by atoms with Crippen LogP contribution in [0.1, 0.15) is 12.5 Å². The second kappa shape index (κ2) is 8.10. The molecule has 1 rings (SSSR count). The molecule has 1 aromatic carbocycles. The number of carboxylic acid groups (broad SMARTS) is 2. The second-order valence-electron chi connectivity index (χ2n) is 3.92. The Kier molecular flexibility index (Phi) is 7.22. The fraction of sp³-hybridized carbons (Fsp3) is 0.333. The van der Waals surface area contributed by atoms with Crippen molar-refractivity contribution in [3.63, 3.8) is 0 Å². The van der Waals surface area contributed by atoms with Crippen LogP contribution in [0.25, 0.3) is 0 Å². The maximum Gasteiger partial charge on any atom is 0.416 e. The maximum atomic E-state index is 12.2. The lowest BCUT2D eigenvalue weighted by molar-refractivity contribution is -0.159. The lowest BCUT2D eigenvalue weighted by Gasteiger charge is -2.10. The van der Waals surface area contributed by atoms with Gasteiger partial charge in [0, 0.05) is 6.04 Å². The van der Waals surface area contributed by atoms with Crippen LogP contribution in [0.3, 0.4) is 0 Å². The molecule has 0 radical (unpaired) electrons. The van der Waals surface area contributed by atoms with Gasteiger partial charge in [-0.05, 0) is 31.2 Å². The number of hydrogen-bond donors (Lipinski definition) is 3. The minimum absolute atomic E-state index is 0.146. The molecule has 0 aliphatic carbocycles. The van der Waals surface area contributed by atoms with Crippen LogP contribution in [0.15, 0.2) is 24.3 Å². The molecule has 0 bridgehead atoms. The first-order chi connectivity index (χ1) is 9.54. The van der Waals surface area contributed by atoms with Gasteiger partial charge in [0.1, 0.15) is 12.4 Å². The maximum absolute atomic E-state index is 12.2. The molecule has 0 heterocycles. The summed E-state index contributed by atoms with van der Waals surface area (Å²) in [5.74, 6) is -3.26. The van der Waals surface area contributed by atoms with Gasteiger partial charge in [0.15, 0.2) is 0 Å². The number of carboxylic acids is 2. The van der Waals surface area contributed by atoms with Gasteiger partial charge in [-0.25, -0.2) is 9.59 Å². The van der Waals surface area contributed by atoms with E-state index in [9.17, 15) is 13.2 Å². The smallest absolute Gasteiger partial charge is 0.416 e. The summed E-state index contributed by atoms with van der Waals surface area (Å²) < 4.78 is 41.7. The Bertz CT molecular complexity index is 459. The second-order valence-corrected chi connectivity index (χ2v) is 3.92. The first-order valence-electron chi connectivity index (χ1n) is 5.56. The van der Waals surface area contributed by atoms with E-state index in [1.807, 2.05) is 0 Å². The van der Waals surface area contributed by atoms with Crippen molar-refractivity contribution in [3.05, 3.63) is 29.8 Å². The van der Waals surface area contributed by atoms with Crippen LogP contribution in [0, 0.1) is 0 Å². The van der Waals surface area contributed by atoms with E-state index in [-0.39, 0.29) is 12.6 Å². The van der Waals surface area contributed by atoms with Gasteiger partial charge in [0.2, 0.25) is 0 Å². The van der Waals surface area contributed by atoms with Crippen molar-refractivity contribution in [1.29, 1.82) is 0 Å². The highest BCUT2D eigenvalue weighted by Crippen LogP contribution is 2.30. The average molecular weight is 309 g/mol. The zero-order valence-corrected chi connectivity index (χ0v) is 10.9. The van der Waals surface area contributed by atoms with Crippen LogP contribution in [0.2, 0.25) is 0 Å². The molecule has 0 saturated heterocycles. The molecule has 0 spiro atoms. The Morgan fingerprint density at radius 3 is 1.90 bits per heavy atom. The Morgan fingerprint density at radius 2 is 1.62 bits per heavy atom. The molecule has 4 N–H and O–H groups in total. The Balaban J connectivity index is 0.000000567. The monoisotopic (exact) mass is 309 g/mol. The quantitative estimate of drug-likeness (QED) is 0.731. The molecule has 0 fully saturated rings. The zero-order chi connectivity index (χ0) is 16.6. The van der Waals surface area contributed by atoms with Gasteiger partial charge in [-0.15, -0.1) is 0 Å². The molecule has 21 heavy (non-hydrogen) atoms. The van der Waals surface area contributed by atoms with E-state index in [0.29, 0.717) is 5.75 Å². The van der Waals surface area contributed by atoms with Gasteiger partial charge >= 0.3 is 18.1 Å². The number of carbonyl (C=O) groups is 2. The van der Waals surface area contributed by atoms with Crippen LogP contribution in [0.4, 0.5) is 13.2 Å². The van der Waals surface area contributed by atoms with Crippen molar-refractivity contribution in [1.82, 2.24) is 0 Å². The van der Waals surface area contributed by atoms with Gasteiger partial charge in [-0.2, -0.15) is 13.2 Å². The minimum atomic E-state index is -4.31. The van der Waals surface area contributed by atoms with Gasteiger partial charge in [-0.3, -0.25) is 0 Å². The molecule has 1 unspecified atom stereocenters. The van der Waals surface area contributed by atoms with Crippen LogP contribution < -0.4 is 10.5 Å². The number of rotatable bonds is 3. The molecule has 118 valence electrons. The number of benzene rings is 1. The highest BCUT2D eigenvalue weighted by Gasteiger charge is 2.29. The molecule has 1 atom stereocenters. The van der Waals surface area contributed by atoms with Gasteiger partial charge in [-0.1, -0.05) is 0 Å². The summed E-state index contributed by atoms with van der Waals surface area (Å²) in [6.07, 6.45) is -4.31. The molecular weight excluding hydrogens is 295 g/mol. The zero-order valence-electron chi connectivity index (χ0n) is 10.9. The van der Waals surface area contributed by atoms with Gasteiger partial charge in [0.05, 0.1) is 5.56 Å². The molecule has 0 aliphatic rings. The first kappa shape index (κ1) is 18.7. The largest absolute Gasteiger partial charge is 0.492 e. The summed E-state index contributed by atoms with van der Waals surface area (Å²) in [5.41, 5.74) is 4.75. The highest BCUT2D eigenvalue weighted by molar-refractivity contribution is 6.27. The lowest BCUT2D eigenvalue weighted by Crippen LogP contribution is -2.23. The standard InChI is InChI=1S/C10H12F3NO.C2H2O4/c1-7(14)6-15-9-4-2-8(3-5-9)10(11,12)13;3-1(4)2(5)6/h2-5,7H,6,14H2,1H3;(H,3,4)(H,5,6). The number of aliphatic carboxylic acids is 2. The third-order valence-electron chi connectivity index (χ3n) is 1.88. The molecule has 0 amide bonds. The molecule has 0 aliphatic heterocycles. The van der Waals surface area contributed by atoms with Crippen molar-refractivity contribution >= 4 is 11.9 Å². The summed E-state index contributed by atoms with van der Waals surface area (Å²) in [4.78, 5) is 18.2. The van der Waals surface area contributed by atoms with Crippen molar-refractivity contribution in [2.45, 2.75) is 19.1 Å². The Morgan fingerprint density at radius 1 is 1.19 bits per heavy atom. The average Bonchev–Trinajstić information content (AvgIpc) is 2.36. The number of hydrogen-bond acceptors (Lipinski definition) is 4. The van der Waals surface area contributed by atoms with Crippen molar-refractivity contribution in [3.8, 4) is 5.75 Å². The predicted octanol–water partition coefficient (Wildman–Crippen LogP) is 1.59. The highest BCUT2D eigenvalue weighted by atomic mass is 19.4. The van der Waals surface area contributed by atoms with Gasteiger partial charge < -0.3 is 20.7 Å². The summed E-state index contributed by atoms with van der Waals surface area (Å²) in [7, 11) is 0. The number of ether oxygens (including phenoxy) is 1. The van der Waals surface area contributed by atoms with Crippen molar-refractivity contribution in [2.24, 2.45) is 5.73 Å². The van der Waals surface area contributed by atoms with E-state index >= 15 is 0 Å². The van der Waals surface area contributed by atoms with E-state index in [2.05, 4.69) is 0 Å². The summed E-state index contributed by atoms with van der Waals surface area (Å²) >= 11 is 0. The molecule has 6 nitrogen and oxygen atoms in total. The van der Waals surface area contributed by atoms with E-state index < -0.39 is 23.7 Å². The molecule has 9 heteroatoms. The number of nitrogens with two attached hydrogens (primary N) is 1. The van der Waals surface area contributed by atoms with Crippen LogP contribution in [0.5, 0.6) is 5.75 Å². The minimum Gasteiger partial charge on any atom is -0.492 e. The van der Waals surface area contributed by atoms with E-state index in [1.165, 1.54) is 12.1 Å². The number of alkyl halides is 3. The van der Waals surface area contributed by atoms with E-state index in [0.717, 1.165) is 12.1 Å². The van der Waals surface area contributed by atoms with Crippen LogP contribution in [-0.4, -0.2) is 34.8 Å². The number of halogens is 3. The molecule has 1 aromatic rings. The van der Waals surface area contributed by atoms with Gasteiger partial charge in [0.25, 0.3) is 0 Å². The SMILES string of the molecule is CC(N)COc1ccc(C(F)(F)F)cc1.O=C(O)C(=O)O. The lowest BCUT2D eigenvalue weighted by atomic mass is 10.2. The first-order valence-corrected chi connectivity index (χ1v) is 5.56. The van der Waals surface area contributed by atoms with Crippen LogP contribution in [-0.2, 0) is 15.8 Å². The topological polar surface area (TPSA) is 110 Å². The van der Waals surface area contributed by atoms with Crippen molar-refractivity contribution < 1.29 is 37.7 Å². The normalized spacial score (nSPS) is 11.9. The summed E-state index contributed by atoms with van der Waals surface area (Å²) in [5, 5.41) is 14.8. The fourth-order valence-corrected chi connectivity index (χ4v) is 0.968. The summed E-state index contributed by atoms with van der Waals surface area (Å²) in [6, 6.07) is 4.39. The molecule has 0 aromatic heterocycles. The fourth-order valence-electron chi connectivity index (χ4n) is 0.968. The van der Waals surface area contributed by atoms with Crippen molar-refractivity contribution in [2.75, 3.05) is 6.61 Å². The predicted molar refractivity (Wildman–Crippen MR) is 65.9 cm³/mol. The molecular formula is C12H14F3NO5.